The molecule has 2 atom stereocenters. The van der Waals surface area contributed by atoms with E-state index < -0.39 is 16.2 Å². The zero-order valence-corrected chi connectivity index (χ0v) is 19.3. The van der Waals surface area contributed by atoms with E-state index in [4.69, 9.17) is 58.0 Å². The maximum absolute atomic E-state index is 12.9. The third-order valence-electron chi connectivity index (χ3n) is 5.31. The van der Waals surface area contributed by atoms with E-state index in [1.54, 1.807) is 36.4 Å². The lowest BCUT2D eigenvalue weighted by Crippen LogP contribution is -2.26. The van der Waals surface area contributed by atoms with E-state index in [-0.39, 0.29) is 11.8 Å². The lowest BCUT2D eigenvalue weighted by Gasteiger charge is -2.10. The second-order valence-corrected chi connectivity index (χ2v) is 10.4. The number of carbonyl (C=O) groups excluding carboxylic acids is 2. The molecule has 2 aliphatic rings. The molecular weight excluding hydrogens is 490 g/mol. The van der Waals surface area contributed by atoms with Gasteiger partial charge in [0.05, 0.1) is 16.5 Å². The fraction of sp³-hybridized carbons (Fsp3) is 0.333. The van der Waals surface area contributed by atoms with Crippen molar-refractivity contribution in [3.05, 3.63) is 62.6 Å². The Balaban J connectivity index is 1.48. The SMILES string of the molecule is O=C(NCC1CC1)c1cc(NC(=O)[C@H]2[C@H](c3cc(Cl)cc(Cl)c3)C2(Cl)Cl)ccc1Cl. The third kappa shape index (κ3) is 4.68. The van der Waals surface area contributed by atoms with Crippen LogP contribution in [0, 0.1) is 11.8 Å². The third-order valence-corrected chi connectivity index (χ3v) is 7.01. The summed E-state index contributed by atoms with van der Waals surface area (Å²) in [5.74, 6) is -1.25. The van der Waals surface area contributed by atoms with Gasteiger partial charge in [0, 0.05) is 28.2 Å². The molecule has 2 amide bonds. The van der Waals surface area contributed by atoms with Crippen molar-refractivity contribution in [2.75, 3.05) is 11.9 Å². The topological polar surface area (TPSA) is 58.2 Å². The molecule has 0 spiro atoms. The number of amides is 2. The molecule has 30 heavy (non-hydrogen) atoms. The van der Waals surface area contributed by atoms with Crippen LogP contribution in [0.5, 0.6) is 0 Å². The van der Waals surface area contributed by atoms with Crippen LogP contribution in [-0.4, -0.2) is 22.7 Å². The Morgan fingerprint density at radius 3 is 2.30 bits per heavy atom. The van der Waals surface area contributed by atoms with Crippen LogP contribution >= 0.6 is 58.0 Å². The predicted octanol–water partition coefficient (Wildman–Crippen LogP) is 6.31. The molecule has 158 valence electrons. The smallest absolute Gasteiger partial charge is 0.252 e. The molecule has 2 N–H and O–H groups in total. The summed E-state index contributed by atoms with van der Waals surface area (Å²) in [6.07, 6.45) is 2.26. The highest BCUT2D eigenvalue weighted by Gasteiger charge is 2.67. The van der Waals surface area contributed by atoms with E-state index in [0.717, 1.165) is 12.8 Å². The van der Waals surface area contributed by atoms with Crippen molar-refractivity contribution in [1.82, 2.24) is 5.32 Å². The Bertz CT molecular complexity index is 1000. The molecule has 0 unspecified atom stereocenters. The highest BCUT2D eigenvalue weighted by molar-refractivity contribution is 6.53. The Labute approximate surface area is 199 Å². The van der Waals surface area contributed by atoms with Gasteiger partial charge in [-0.3, -0.25) is 9.59 Å². The molecule has 0 heterocycles. The Hall–Kier alpha value is -1.17. The van der Waals surface area contributed by atoms with Gasteiger partial charge in [0.25, 0.3) is 5.91 Å². The zero-order valence-electron chi connectivity index (χ0n) is 15.5. The van der Waals surface area contributed by atoms with Gasteiger partial charge in [0.2, 0.25) is 5.91 Å². The van der Waals surface area contributed by atoms with Gasteiger partial charge < -0.3 is 10.6 Å². The molecule has 2 aliphatic carbocycles. The summed E-state index contributed by atoms with van der Waals surface area (Å²) in [6, 6.07) is 9.71. The molecule has 4 rings (SSSR count). The largest absolute Gasteiger partial charge is 0.352 e. The lowest BCUT2D eigenvalue weighted by molar-refractivity contribution is -0.117. The second kappa shape index (κ2) is 8.40. The number of hydrogen-bond donors (Lipinski definition) is 2. The molecule has 2 fully saturated rings. The molecule has 0 saturated heterocycles. The van der Waals surface area contributed by atoms with Crippen molar-refractivity contribution in [2.24, 2.45) is 11.8 Å². The minimum Gasteiger partial charge on any atom is -0.352 e. The van der Waals surface area contributed by atoms with Crippen molar-refractivity contribution in [2.45, 2.75) is 23.1 Å². The number of nitrogens with one attached hydrogen (secondary N) is 2. The van der Waals surface area contributed by atoms with E-state index in [2.05, 4.69) is 10.6 Å². The first-order valence-corrected chi connectivity index (χ1v) is 11.3. The van der Waals surface area contributed by atoms with E-state index >= 15 is 0 Å². The summed E-state index contributed by atoms with van der Waals surface area (Å²) in [4.78, 5) is 25.3. The van der Waals surface area contributed by atoms with Gasteiger partial charge >= 0.3 is 0 Å². The van der Waals surface area contributed by atoms with Gasteiger partial charge in [-0.2, -0.15) is 0 Å². The Morgan fingerprint density at radius 1 is 1.00 bits per heavy atom. The number of alkyl halides is 2. The molecule has 9 heteroatoms. The predicted molar refractivity (Wildman–Crippen MR) is 122 cm³/mol. The number of anilines is 1. The van der Waals surface area contributed by atoms with Crippen LogP contribution in [-0.2, 0) is 4.79 Å². The number of carbonyl (C=O) groups is 2. The molecule has 0 radical (unpaired) electrons. The van der Waals surface area contributed by atoms with E-state index in [0.29, 0.717) is 44.3 Å². The highest BCUT2D eigenvalue weighted by atomic mass is 35.5. The average molecular weight is 507 g/mol. The minimum absolute atomic E-state index is 0.273. The van der Waals surface area contributed by atoms with Crippen LogP contribution in [0.1, 0.15) is 34.7 Å². The van der Waals surface area contributed by atoms with Crippen LogP contribution in [0.25, 0.3) is 0 Å². The summed E-state index contributed by atoms with van der Waals surface area (Å²) in [5.41, 5.74) is 1.42. The average Bonchev–Trinajstić information content (AvgIpc) is 3.56. The fourth-order valence-electron chi connectivity index (χ4n) is 3.47. The van der Waals surface area contributed by atoms with Gasteiger partial charge in [-0.05, 0) is 60.7 Å². The van der Waals surface area contributed by atoms with Gasteiger partial charge in [0.15, 0.2) is 0 Å². The van der Waals surface area contributed by atoms with E-state index in [1.807, 2.05) is 0 Å². The molecule has 4 nitrogen and oxygen atoms in total. The monoisotopic (exact) mass is 504 g/mol. The maximum Gasteiger partial charge on any atom is 0.252 e. The first kappa shape index (κ1) is 22.0. The normalized spacial score (nSPS) is 21.8. The molecule has 0 aliphatic heterocycles. The van der Waals surface area contributed by atoms with Crippen LogP contribution in [0.2, 0.25) is 15.1 Å². The fourth-order valence-corrected chi connectivity index (χ4v) is 5.05. The lowest BCUT2D eigenvalue weighted by atomic mass is 10.1. The molecule has 0 bridgehead atoms. The number of benzene rings is 2. The quantitative estimate of drug-likeness (QED) is 0.451. The first-order chi connectivity index (χ1) is 14.2. The molecule has 2 aromatic carbocycles. The van der Waals surface area contributed by atoms with Crippen LogP contribution in [0.15, 0.2) is 36.4 Å². The standard InChI is InChI=1S/C21H17Cl5N2O2/c22-12-5-11(6-13(23)7-12)17-18(21(17,25)26)20(30)28-14-3-4-16(24)15(8-14)19(29)27-9-10-1-2-10/h3-8,10,17-18H,1-2,9H2,(H,27,29)(H,28,30)/t17-,18+/m0/s1. The maximum atomic E-state index is 12.9. The Kier molecular flexibility index (Phi) is 6.17. The molecule has 2 aromatic rings. The second-order valence-electron chi connectivity index (χ2n) is 7.67. The van der Waals surface area contributed by atoms with Crippen LogP contribution in [0.3, 0.4) is 0 Å². The van der Waals surface area contributed by atoms with E-state index in [9.17, 15) is 9.59 Å². The Morgan fingerprint density at radius 2 is 1.67 bits per heavy atom. The summed E-state index contributed by atoms with van der Waals surface area (Å²) < 4.78 is -1.28. The van der Waals surface area contributed by atoms with Crippen molar-refractivity contribution in [3.63, 3.8) is 0 Å². The van der Waals surface area contributed by atoms with Crippen molar-refractivity contribution in [1.29, 1.82) is 0 Å². The summed E-state index contributed by atoms with van der Waals surface area (Å²) in [6.45, 7) is 0.624. The molecular formula is C21H17Cl5N2O2. The highest BCUT2D eigenvalue weighted by Crippen LogP contribution is 2.65. The number of hydrogen-bond acceptors (Lipinski definition) is 2. The van der Waals surface area contributed by atoms with Crippen LogP contribution < -0.4 is 10.6 Å². The van der Waals surface area contributed by atoms with Crippen molar-refractivity contribution >= 4 is 75.5 Å². The summed E-state index contributed by atoms with van der Waals surface area (Å²) in [5, 5.41) is 6.83. The first-order valence-electron chi connectivity index (χ1n) is 9.39. The summed E-state index contributed by atoms with van der Waals surface area (Å²) >= 11 is 31.1. The zero-order chi connectivity index (χ0) is 21.6. The van der Waals surface area contributed by atoms with Gasteiger partial charge in [-0.15, -0.1) is 23.2 Å². The van der Waals surface area contributed by atoms with E-state index in [1.165, 1.54) is 0 Å². The summed E-state index contributed by atoms with van der Waals surface area (Å²) in [7, 11) is 0. The van der Waals surface area contributed by atoms with Gasteiger partial charge in [0.1, 0.15) is 4.33 Å². The van der Waals surface area contributed by atoms with Gasteiger partial charge in [-0.25, -0.2) is 0 Å². The van der Waals surface area contributed by atoms with Crippen molar-refractivity contribution < 1.29 is 9.59 Å². The van der Waals surface area contributed by atoms with Gasteiger partial charge in [-0.1, -0.05) is 34.8 Å². The molecule has 0 aromatic heterocycles. The number of rotatable bonds is 6. The number of halogens is 5. The van der Waals surface area contributed by atoms with Crippen LogP contribution in [0.4, 0.5) is 5.69 Å². The van der Waals surface area contributed by atoms with Crippen molar-refractivity contribution in [3.8, 4) is 0 Å². The molecule has 2 saturated carbocycles. The minimum atomic E-state index is -1.28.